The zero-order valence-electron chi connectivity index (χ0n) is 10.8. The van der Waals surface area contributed by atoms with Crippen molar-refractivity contribution < 1.29 is 9.32 Å². The molecule has 0 bridgehead atoms. The molecule has 1 aromatic rings. The van der Waals surface area contributed by atoms with E-state index in [1.54, 1.807) is 6.92 Å². The first-order valence-corrected chi connectivity index (χ1v) is 6.14. The molecular formula is C12H21N3O2. The normalized spacial score (nSPS) is 10.8. The number of aromatic nitrogens is 2. The van der Waals surface area contributed by atoms with E-state index >= 15 is 0 Å². The van der Waals surface area contributed by atoms with E-state index in [4.69, 9.17) is 4.52 Å². The van der Waals surface area contributed by atoms with E-state index in [0.717, 1.165) is 19.4 Å². The molecule has 0 aliphatic rings. The summed E-state index contributed by atoms with van der Waals surface area (Å²) in [6.07, 6.45) is 2.95. The first-order valence-electron chi connectivity index (χ1n) is 6.14. The van der Waals surface area contributed by atoms with Crippen molar-refractivity contribution in [2.24, 2.45) is 5.92 Å². The van der Waals surface area contributed by atoms with Gasteiger partial charge in [0, 0.05) is 19.4 Å². The van der Waals surface area contributed by atoms with Crippen molar-refractivity contribution in [1.82, 2.24) is 15.5 Å². The molecule has 0 aromatic carbocycles. The van der Waals surface area contributed by atoms with Crippen molar-refractivity contribution in [2.75, 3.05) is 6.54 Å². The molecule has 1 heterocycles. The predicted octanol–water partition coefficient (Wildman–Crippen LogP) is 1.86. The highest BCUT2D eigenvalue weighted by Gasteiger charge is 2.05. The molecule has 0 atom stereocenters. The summed E-state index contributed by atoms with van der Waals surface area (Å²) in [6.45, 7) is 6.83. The first kappa shape index (κ1) is 13.7. The van der Waals surface area contributed by atoms with Crippen LogP contribution in [0.4, 0.5) is 0 Å². The molecule has 1 rings (SSSR count). The first-order chi connectivity index (χ1) is 8.08. The molecule has 0 aliphatic carbocycles. The largest absolute Gasteiger partial charge is 0.356 e. The number of rotatable bonds is 7. The Morgan fingerprint density at radius 1 is 1.47 bits per heavy atom. The van der Waals surface area contributed by atoms with Gasteiger partial charge in [-0.3, -0.25) is 4.79 Å². The van der Waals surface area contributed by atoms with E-state index in [9.17, 15) is 4.79 Å². The van der Waals surface area contributed by atoms with Gasteiger partial charge >= 0.3 is 0 Å². The maximum absolute atomic E-state index is 11.4. The lowest BCUT2D eigenvalue weighted by Crippen LogP contribution is -2.25. The van der Waals surface area contributed by atoms with Crippen LogP contribution in [0.25, 0.3) is 0 Å². The van der Waals surface area contributed by atoms with E-state index < -0.39 is 0 Å². The van der Waals surface area contributed by atoms with Crippen LogP contribution in [0.2, 0.25) is 0 Å². The molecule has 1 amide bonds. The van der Waals surface area contributed by atoms with Crippen molar-refractivity contribution in [1.29, 1.82) is 0 Å². The van der Waals surface area contributed by atoms with E-state index in [1.807, 2.05) is 0 Å². The van der Waals surface area contributed by atoms with Gasteiger partial charge in [-0.15, -0.1) is 0 Å². The lowest BCUT2D eigenvalue weighted by Gasteiger charge is -2.06. The van der Waals surface area contributed by atoms with Crippen LogP contribution in [-0.4, -0.2) is 22.6 Å². The topological polar surface area (TPSA) is 68.0 Å². The molecule has 0 spiro atoms. The Bertz CT molecular complexity index is 347. The highest BCUT2D eigenvalue weighted by atomic mass is 16.5. The number of nitrogens with one attached hydrogen (secondary N) is 1. The van der Waals surface area contributed by atoms with Crippen LogP contribution in [0.1, 0.15) is 44.8 Å². The minimum absolute atomic E-state index is 0.0990. The second-order valence-corrected chi connectivity index (χ2v) is 4.62. The second-order valence-electron chi connectivity index (χ2n) is 4.62. The summed E-state index contributed by atoms with van der Waals surface area (Å²) >= 11 is 0. The van der Waals surface area contributed by atoms with Crippen LogP contribution in [-0.2, 0) is 11.2 Å². The molecule has 1 aromatic heterocycles. The molecule has 5 nitrogen and oxygen atoms in total. The lowest BCUT2D eigenvalue weighted by atomic mass is 10.1. The van der Waals surface area contributed by atoms with Crippen LogP contribution in [0, 0.1) is 12.8 Å². The van der Waals surface area contributed by atoms with Crippen molar-refractivity contribution >= 4 is 5.91 Å². The van der Waals surface area contributed by atoms with Crippen molar-refractivity contribution in [3.63, 3.8) is 0 Å². The van der Waals surface area contributed by atoms with Crippen LogP contribution in [0.5, 0.6) is 0 Å². The fraction of sp³-hybridized carbons (Fsp3) is 0.750. The second kappa shape index (κ2) is 7.04. The third-order valence-corrected chi connectivity index (χ3v) is 2.41. The summed E-state index contributed by atoms with van der Waals surface area (Å²) < 4.78 is 4.97. The minimum atomic E-state index is 0.0990. The minimum Gasteiger partial charge on any atom is -0.356 e. The van der Waals surface area contributed by atoms with Crippen molar-refractivity contribution in [2.45, 2.75) is 46.5 Å². The van der Waals surface area contributed by atoms with E-state index in [0.29, 0.717) is 30.5 Å². The van der Waals surface area contributed by atoms with Gasteiger partial charge in [0.25, 0.3) is 0 Å². The van der Waals surface area contributed by atoms with Crippen molar-refractivity contribution in [3.05, 3.63) is 11.7 Å². The fourth-order valence-electron chi connectivity index (χ4n) is 1.43. The summed E-state index contributed by atoms with van der Waals surface area (Å²) in [5.74, 6) is 1.97. The fourth-order valence-corrected chi connectivity index (χ4v) is 1.43. The Balaban J connectivity index is 2.08. The highest BCUT2D eigenvalue weighted by molar-refractivity contribution is 5.75. The van der Waals surface area contributed by atoms with Crippen LogP contribution < -0.4 is 5.32 Å². The number of hydrogen-bond acceptors (Lipinski definition) is 4. The van der Waals surface area contributed by atoms with Gasteiger partial charge in [-0.25, -0.2) is 0 Å². The molecule has 5 heteroatoms. The third kappa shape index (κ3) is 6.04. The zero-order chi connectivity index (χ0) is 12.7. The van der Waals surface area contributed by atoms with Gasteiger partial charge in [0.2, 0.25) is 11.8 Å². The highest BCUT2D eigenvalue weighted by Crippen LogP contribution is 2.02. The number of nitrogens with zero attached hydrogens (tertiary/aromatic N) is 2. The molecule has 0 saturated carbocycles. The smallest absolute Gasteiger partial charge is 0.226 e. The number of aryl methyl sites for hydroxylation is 2. The molecule has 0 unspecified atom stereocenters. The molecule has 96 valence electrons. The molecule has 17 heavy (non-hydrogen) atoms. The maximum atomic E-state index is 11.4. The average Bonchev–Trinajstić information content (AvgIpc) is 2.63. The Kier molecular flexibility index (Phi) is 5.66. The van der Waals surface area contributed by atoms with Gasteiger partial charge in [-0.2, -0.15) is 4.98 Å². The monoisotopic (exact) mass is 239 g/mol. The molecular weight excluding hydrogens is 218 g/mol. The molecule has 0 radical (unpaired) electrons. The number of carbonyl (C=O) groups is 1. The maximum Gasteiger partial charge on any atom is 0.226 e. The van der Waals surface area contributed by atoms with Crippen LogP contribution in [0.3, 0.4) is 0 Å². The van der Waals surface area contributed by atoms with E-state index in [2.05, 4.69) is 29.3 Å². The molecule has 0 fully saturated rings. The Morgan fingerprint density at radius 2 is 2.24 bits per heavy atom. The third-order valence-electron chi connectivity index (χ3n) is 2.41. The SMILES string of the molecule is Cc1noc(CCCC(=O)NCCC(C)C)n1. The molecule has 1 N–H and O–H groups in total. The van der Waals surface area contributed by atoms with E-state index in [1.165, 1.54) is 0 Å². The molecule has 0 saturated heterocycles. The van der Waals surface area contributed by atoms with Crippen LogP contribution >= 0.6 is 0 Å². The number of amides is 1. The number of carbonyl (C=O) groups excluding carboxylic acids is 1. The Hall–Kier alpha value is -1.39. The van der Waals surface area contributed by atoms with Gasteiger partial charge in [0.05, 0.1) is 0 Å². The van der Waals surface area contributed by atoms with E-state index in [-0.39, 0.29) is 5.91 Å². The summed E-state index contributed by atoms with van der Waals surface area (Å²) in [6, 6.07) is 0. The van der Waals surface area contributed by atoms with Gasteiger partial charge in [0.15, 0.2) is 5.82 Å². The molecule has 0 aliphatic heterocycles. The Labute approximate surface area is 102 Å². The standard InChI is InChI=1S/C12H21N3O2/c1-9(2)7-8-13-11(16)5-4-6-12-14-10(3)15-17-12/h9H,4-8H2,1-3H3,(H,13,16). The number of hydrogen-bond donors (Lipinski definition) is 1. The van der Waals surface area contributed by atoms with Gasteiger partial charge < -0.3 is 9.84 Å². The quantitative estimate of drug-likeness (QED) is 0.788. The summed E-state index contributed by atoms with van der Waals surface area (Å²) in [4.78, 5) is 15.5. The summed E-state index contributed by atoms with van der Waals surface area (Å²) in [7, 11) is 0. The van der Waals surface area contributed by atoms with Crippen LogP contribution in [0.15, 0.2) is 4.52 Å². The predicted molar refractivity (Wildman–Crippen MR) is 64.4 cm³/mol. The summed E-state index contributed by atoms with van der Waals surface area (Å²) in [5, 5.41) is 6.60. The van der Waals surface area contributed by atoms with Gasteiger partial charge in [0.1, 0.15) is 0 Å². The summed E-state index contributed by atoms with van der Waals surface area (Å²) in [5.41, 5.74) is 0. The lowest BCUT2D eigenvalue weighted by molar-refractivity contribution is -0.121. The zero-order valence-corrected chi connectivity index (χ0v) is 10.8. The van der Waals surface area contributed by atoms with Gasteiger partial charge in [-0.05, 0) is 25.7 Å². The van der Waals surface area contributed by atoms with Crippen molar-refractivity contribution in [3.8, 4) is 0 Å². The van der Waals surface area contributed by atoms with Gasteiger partial charge in [-0.1, -0.05) is 19.0 Å². The Morgan fingerprint density at radius 3 is 2.82 bits per heavy atom. The average molecular weight is 239 g/mol.